The van der Waals surface area contributed by atoms with E-state index in [1.165, 1.54) is 0 Å². The van der Waals surface area contributed by atoms with E-state index in [2.05, 4.69) is 10.2 Å². The molecule has 18 heavy (non-hydrogen) atoms. The van der Waals surface area contributed by atoms with E-state index in [1.54, 1.807) is 0 Å². The summed E-state index contributed by atoms with van der Waals surface area (Å²) in [5, 5.41) is 3.11. The van der Waals surface area contributed by atoms with Crippen LogP contribution in [-0.2, 0) is 14.3 Å². The van der Waals surface area contributed by atoms with Gasteiger partial charge in [-0.05, 0) is 40.3 Å². The number of morpholine rings is 1. The Balaban J connectivity index is 1.96. The fourth-order valence-corrected chi connectivity index (χ4v) is 1.82. The molecule has 0 radical (unpaired) electrons. The maximum absolute atomic E-state index is 11.4. The number of carbonyl (C=O) groups is 1. The lowest BCUT2D eigenvalue weighted by atomic mass is 10.2. The summed E-state index contributed by atoms with van der Waals surface area (Å²) >= 11 is 0. The van der Waals surface area contributed by atoms with Crippen LogP contribution in [0.4, 0.5) is 0 Å². The van der Waals surface area contributed by atoms with Crippen LogP contribution in [-0.4, -0.2) is 62.4 Å². The summed E-state index contributed by atoms with van der Waals surface area (Å²) in [5.74, 6) is -0.186. The Morgan fingerprint density at radius 3 is 2.61 bits per heavy atom. The van der Waals surface area contributed by atoms with Crippen molar-refractivity contribution in [3.05, 3.63) is 0 Å². The van der Waals surface area contributed by atoms with Crippen LogP contribution in [0.5, 0.6) is 0 Å². The van der Waals surface area contributed by atoms with Gasteiger partial charge in [0.2, 0.25) is 0 Å². The molecule has 5 heteroatoms. The van der Waals surface area contributed by atoms with Crippen LogP contribution in [0.1, 0.15) is 27.2 Å². The van der Waals surface area contributed by atoms with Gasteiger partial charge in [0.05, 0.1) is 19.8 Å². The molecule has 1 heterocycles. The Labute approximate surface area is 110 Å². The van der Waals surface area contributed by atoms with E-state index < -0.39 is 5.60 Å². The molecule has 1 aliphatic rings. The van der Waals surface area contributed by atoms with Gasteiger partial charge in [-0.25, -0.2) is 0 Å². The number of esters is 1. The molecule has 0 atom stereocenters. The Hall–Kier alpha value is -0.650. The van der Waals surface area contributed by atoms with E-state index in [9.17, 15) is 4.79 Å². The summed E-state index contributed by atoms with van der Waals surface area (Å²) in [7, 11) is 0. The molecule has 1 fully saturated rings. The first-order valence-electron chi connectivity index (χ1n) is 6.70. The number of rotatable bonds is 6. The van der Waals surface area contributed by atoms with Crippen molar-refractivity contribution in [1.29, 1.82) is 0 Å². The Morgan fingerprint density at radius 2 is 2.00 bits per heavy atom. The lowest BCUT2D eigenvalue weighted by Gasteiger charge is -2.26. The Bertz CT molecular complexity index is 245. The fourth-order valence-electron chi connectivity index (χ4n) is 1.82. The molecule has 106 valence electrons. The van der Waals surface area contributed by atoms with Crippen molar-refractivity contribution in [2.45, 2.75) is 32.8 Å². The molecule has 0 aromatic rings. The van der Waals surface area contributed by atoms with Crippen LogP contribution in [0.25, 0.3) is 0 Å². The monoisotopic (exact) mass is 258 g/mol. The second-order valence-corrected chi connectivity index (χ2v) is 5.57. The number of carbonyl (C=O) groups excluding carboxylic acids is 1. The van der Waals surface area contributed by atoms with E-state index in [4.69, 9.17) is 9.47 Å². The number of hydrogen-bond acceptors (Lipinski definition) is 5. The Morgan fingerprint density at radius 1 is 1.33 bits per heavy atom. The van der Waals surface area contributed by atoms with E-state index in [0.717, 1.165) is 45.8 Å². The largest absolute Gasteiger partial charge is 0.459 e. The maximum atomic E-state index is 11.4. The van der Waals surface area contributed by atoms with E-state index in [1.807, 2.05) is 20.8 Å². The minimum Gasteiger partial charge on any atom is -0.459 e. The fraction of sp³-hybridized carbons (Fsp3) is 0.923. The zero-order valence-electron chi connectivity index (χ0n) is 11.8. The standard InChI is InChI=1S/C13H26N2O3/c1-13(2,3)18-12(16)11-14-5-4-6-15-7-9-17-10-8-15/h14H,4-11H2,1-3H3. The molecule has 0 aliphatic carbocycles. The molecule has 0 bridgehead atoms. The van der Waals surface area contributed by atoms with Crippen LogP contribution in [0.2, 0.25) is 0 Å². The van der Waals surface area contributed by atoms with Gasteiger partial charge in [0.15, 0.2) is 0 Å². The molecule has 0 aromatic heterocycles. The van der Waals surface area contributed by atoms with Crippen molar-refractivity contribution in [3.8, 4) is 0 Å². The molecule has 0 unspecified atom stereocenters. The van der Waals surface area contributed by atoms with Gasteiger partial charge in [-0.1, -0.05) is 0 Å². The smallest absolute Gasteiger partial charge is 0.320 e. The van der Waals surface area contributed by atoms with Crippen molar-refractivity contribution < 1.29 is 14.3 Å². The quantitative estimate of drug-likeness (QED) is 0.560. The summed E-state index contributed by atoms with van der Waals surface area (Å²) in [6.07, 6.45) is 1.04. The first-order valence-corrected chi connectivity index (χ1v) is 6.70. The predicted octanol–water partition coefficient (Wildman–Crippen LogP) is 0.640. The first kappa shape index (κ1) is 15.4. The summed E-state index contributed by atoms with van der Waals surface area (Å²) in [6, 6.07) is 0. The van der Waals surface area contributed by atoms with Crippen molar-refractivity contribution in [3.63, 3.8) is 0 Å². The third-order valence-electron chi connectivity index (χ3n) is 2.62. The first-order chi connectivity index (χ1) is 8.47. The molecule has 0 saturated carbocycles. The van der Waals surface area contributed by atoms with Crippen LogP contribution in [0, 0.1) is 0 Å². The number of nitrogens with zero attached hydrogens (tertiary/aromatic N) is 1. The molecule has 1 aliphatic heterocycles. The van der Waals surface area contributed by atoms with Gasteiger partial charge < -0.3 is 14.8 Å². The molecule has 5 nitrogen and oxygen atoms in total. The van der Waals surface area contributed by atoms with Gasteiger partial charge in [-0.2, -0.15) is 0 Å². The highest BCUT2D eigenvalue weighted by Crippen LogP contribution is 2.06. The molecule has 0 spiro atoms. The minimum absolute atomic E-state index is 0.186. The minimum atomic E-state index is -0.396. The average molecular weight is 258 g/mol. The van der Waals surface area contributed by atoms with Gasteiger partial charge in [0.1, 0.15) is 5.60 Å². The highest BCUT2D eigenvalue weighted by Gasteiger charge is 2.15. The molecular formula is C13H26N2O3. The van der Waals surface area contributed by atoms with Gasteiger partial charge in [-0.3, -0.25) is 9.69 Å². The van der Waals surface area contributed by atoms with Crippen molar-refractivity contribution in [1.82, 2.24) is 10.2 Å². The van der Waals surface area contributed by atoms with Crippen molar-refractivity contribution in [2.24, 2.45) is 0 Å². The van der Waals surface area contributed by atoms with Crippen molar-refractivity contribution in [2.75, 3.05) is 45.9 Å². The molecule has 0 aromatic carbocycles. The molecule has 1 N–H and O–H groups in total. The molecule has 0 amide bonds. The molecule has 1 saturated heterocycles. The van der Waals surface area contributed by atoms with Crippen LogP contribution in [0.15, 0.2) is 0 Å². The number of ether oxygens (including phenoxy) is 2. The van der Waals surface area contributed by atoms with Gasteiger partial charge in [0.25, 0.3) is 0 Å². The lowest BCUT2D eigenvalue weighted by Crippen LogP contribution is -2.38. The van der Waals surface area contributed by atoms with Crippen LogP contribution >= 0.6 is 0 Å². The van der Waals surface area contributed by atoms with Crippen molar-refractivity contribution >= 4 is 5.97 Å². The zero-order valence-corrected chi connectivity index (χ0v) is 11.8. The summed E-state index contributed by atoms with van der Waals surface area (Å²) in [6.45, 7) is 11.5. The van der Waals surface area contributed by atoms with Gasteiger partial charge in [0, 0.05) is 13.1 Å². The summed E-state index contributed by atoms with van der Waals surface area (Å²) < 4.78 is 10.5. The van der Waals surface area contributed by atoms with Crippen LogP contribution < -0.4 is 5.32 Å². The van der Waals surface area contributed by atoms with E-state index in [0.29, 0.717) is 6.54 Å². The SMILES string of the molecule is CC(C)(C)OC(=O)CNCCCN1CCOCC1. The third kappa shape index (κ3) is 7.63. The second-order valence-electron chi connectivity index (χ2n) is 5.57. The highest BCUT2D eigenvalue weighted by molar-refractivity contribution is 5.72. The second kappa shape index (κ2) is 7.71. The average Bonchev–Trinajstić information content (AvgIpc) is 2.27. The topological polar surface area (TPSA) is 50.8 Å². The normalized spacial score (nSPS) is 17.7. The van der Waals surface area contributed by atoms with Gasteiger partial charge >= 0.3 is 5.97 Å². The summed E-state index contributed by atoms with van der Waals surface area (Å²) in [4.78, 5) is 13.8. The predicted molar refractivity (Wildman–Crippen MR) is 70.6 cm³/mol. The third-order valence-corrected chi connectivity index (χ3v) is 2.62. The van der Waals surface area contributed by atoms with E-state index in [-0.39, 0.29) is 5.97 Å². The number of hydrogen-bond donors (Lipinski definition) is 1. The van der Waals surface area contributed by atoms with Crippen LogP contribution in [0.3, 0.4) is 0 Å². The van der Waals surface area contributed by atoms with Gasteiger partial charge in [-0.15, -0.1) is 0 Å². The number of nitrogens with one attached hydrogen (secondary N) is 1. The molecular weight excluding hydrogens is 232 g/mol. The zero-order chi connectivity index (χ0) is 13.4. The Kier molecular flexibility index (Phi) is 6.60. The lowest BCUT2D eigenvalue weighted by molar-refractivity contribution is -0.153. The maximum Gasteiger partial charge on any atom is 0.320 e. The van der Waals surface area contributed by atoms with E-state index >= 15 is 0 Å². The summed E-state index contributed by atoms with van der Waals surface area (Å²) in [5.41, 5.74) is -0.396. The molecule has 1 rings (SSSR count). The highest BCUT2D eigenvalue weighted by atomic mass is 16.6.